The molecule has 0 bridgehead atoms. The lowest BCUT2D eigenvalue weighted by Crippen LogP contribution is -2.37. The Bertz CT molecular complexity index is 692. The molecule has 0 amide bonds. The fraction of sp³-hybridized carbons (Fsp3) is 0.786. The van der Waals surface area contributed by atoms with Crippen LogP contribution in [0.25, 0.3) is 0 Å². The Balaban J connectivity index is 1.73. The van der Waals surface area contributed by atoms with Crippen molar-refractivity contribution >= 4 is 0 Å². The summed E-state index contributed by atoms with van der Waals surface area (Å²) in [5, 5.41) is 0. The number of halogens is 5. The molecule has 1 aliphatic carbocycles. The third kappa shape index (κ3) is 9.37. The lowest BCUT2D eigenvalue weighted by molar-refractivity contribution is -0.223. The van der Waals surface area contributed by atoms with Crippen molar-refractivity contribution in [1.82, 2.24) is 0 Å². The van der Waals surface area contributed by atoms with Crippen molar-refractivity contribution in [2.45, 2.75) is 117 Å². The van der Waals surface area contributed by atoms with Gasteiger partial charge in [-0.15, -0.1) is 0 Å². The molecule has 1 aromatic carbocycles. The minimum Gasteiger partial charge on any atom is -0.432 e. The van der Waals surface area contributed by atoms with Crippen LogP contribution in [-0.2, 0) is 0 Å². The molecule has 0 saturated heterocycles. The summed E-state index contributed by atoms with van der Waals surface area (Å²) in [5.74, 6) is -4.43. The third-order valence-electron chi connectivity index (χ3n) is 7.55. The van der Waals surface area contributed by atoms with Crippen molar-refractivity contribution < 1.29 is 26.7 Å². The smallest absolute Gasteiger partial charge is 0.400 e. The van der Waals surface area contributed by atoms with E-state index < -0.39 is 35.2 Å². The molecule has 2 atom stereocenters. The Hall–Kier alpha value is -1.33. The quantitative estimate of drug-likeness (QED) is 0.175. The van der Waals surface area contributed by atoms with Crippen LogP contribution in [0, 0.1) is 41.1 Å². The number of hydrogen-bond acceptors (Lipinski definition) is 1. The van der Waals surface area contributed by atoms with Gasteiger partial charge in [-0.05, 0) is 43.4 Å². The lowest BCUT2D eigenvalue weighted by Gasteiger charge is -2.33. The van der Waals surface area contributed by atoms with Crippen LogP contribution in [0.15, 0.2) is 12.1 Å². The van der Waals surface area contributed by atoms with Gasteiger partial charge in [0.15, 0.2) is 17.5 Å². The third-order valence-corrected chi connectivity index (χ3v) is 7.55. The van der Waals surface area contributed by atoms with Crippen LogP contribution in [0.5, 0.6) is 5.75 Å². The van der Waals surface area contributed by atoms with E-state index in [1.807, 2.05) is 0 Å². The van der Waals surface area contributed by atoms with Crippen molar-refractivity contribution in [3.8, 4) is 5.75 Å². The van der Waals surface area contributed by atoms with Crippen LogP contribution in [-0.4, -0.2) is 6.11 Å². The highest BCUT2D eigenvalue weighted by atomic mass is 19.3. The van der Waals surface area contributed by atoms with E-state index in [0.717, 1.165) is 24.7 Å². The Morgan fingerprint density at radius 1 is 0.853 bits per heavy atom. The van der Waals surface area contributed by atoms with Gasteiger partial charge in [0.25, 0.3) is 0 Å². The van der Waals surface area contributed by atoms with E-state index in [9.17, 15) is 22.0 Å². The molecular formula is C28H43F5O. The van der Waals surface area contributed by atoms with Crippen LogP contribution in [0.3, 0.4) is 0 Å². The molecule has 1 fully saturated rings. The molecule has 1 aromatic rings. The van der Waals surface area contributed by atoms with Gasteiger partial charge in [0.05, 0.1) is 5.92 Å². The number of ether oxygens (including phenoxy) is 1. The fourth-order valence-corrected chi connectivity index (χ4v) is 5.55. The SMILES string of the molecule is CCCC(C)CCCC(CCC)CCCC1CCC(C(F)(F)Oc2cc(F)c(F)c(F)c2)CC1. The second kappa shape index (κ2) is 14.3. The summed E-state index contributed by atoms with van der Waals surface area (Å²) in [4.78, 5) is 0. The average molecular weight is 491 g/mol. The summed E-state index contributed by atoms with van der Waals surface area (Å²) in [5.41, 5.74) is 0. The van der Waals surface area contributed by atoms with Crippen molar-refractivity contribution in [2.75, 3.05) is 0 Å². The number of benzene rings is 1. The summed E-state index contributed by atoms with van der Waals surface area (Å²) in [7, 11) is 0. The van der Waals surface area contributed by atoms with Gasteiger partial charge in [-0.3, -0.25) is 0 Å². The lowest BCUT2D eigenvalue weighted by atomic mass is 9.78. The molecule has 0 N–H and O–H groups in total. The summed E-state index contributed by atoms with van der Waals surface area (Å²) in [6.07, 6.45) is 10.9. The first-order valence-electron chi connectivity index (χ1n) is 13.4. The van der Waals surface area contributed by atoms with Crippen molar-refractivity contribution in [3.63, 3.8) is 0 Å². The molecule has 1 saturated carbocycles. The van der Waals surface area contributed by atoms with Crippen molar-refractivity contribution in [1.29, 1.82) is 0 Å². The normalized spacial score (nSPS) is 20.8. The van der Waals surface area contributed by atoms with Gasteiger partial charge in [0.1, 0.15) is 5.75 Å². The van der Waals surface area contributed by atoms with Crippen LogP contribution >= 0.6 is 0 Å². The molecule has 34 heavy (non-hydrogen) atoms. The number of rotatable bonds is 15. The molecule has 196 valence electrons. The molecule has 1 aliphatic rings. The zero-order valence-corrected chi connectivity index (χ0v) is 21.2. The summed E-state index contributed by atoms with van der Waals surface area (Å²) < 4.78 is 73.5. The van der Waals surface area contributed by atoms with Crippen molar-refractivity contribution in [3.05, 3.63) is 29.6 Å². The van der Waals surface area contributed by atoms with Gasteiger partial charge in [-0.1, -0.05) is 85.0 Å². The van der Waals surface area contributed by atoms with Gasteiger partial charge in [-0.2, -0.15) is 8.78 Å². The molecule has 1 nitrogen and oxygen atoms in total. The maximum Gasteiger partial charge on any atom is 0.400 e. The van der Waals surface area contributed by atoms with Gasteiger partial charge in [-0.25, -0.2) is 13.2 Å². The molecular weight excluding hydrogens is 447 g/mol. The first-order chi connectivity index (χ1) is 16.2. The van der Waals surface area contributed by atoms with Crippen LogP contribution < -0.4 is 4.74 Å². The maximum atomic E-state index is 14.6. The van der Waals surface area contributed by atoms with Gasteiger partial charge < -0.3 is 4.74 Å². The highest BCUT2D eigenvalue weighted by Crippen LogP contribution is 2.41. The van der Waals surface area contributed by atoms with E-state index in [2.05, 4.69) is 25.5 Å². The molecule has 2 unspecified atom stereocenters. The van der Waals surface area contributed by atoms with E-state index in [1.165, 1.54) is 51.4 Å². The molecule has 2 rings (SSSR count). The summed E-state index contributed by atoms with van der Waals surface area (Å²) in [6.45, 7) is 6.83. The van der Waals surface area contributed by atoms with E-state index in [4.69, 9.17) is 0 Å². The fourth-order valence-electron chi connectivity index (χ4n) is 5.55. The summed E-state index contributed by atoms with van der Waals surface area (Å²) in [6, 6.07) is 0.935. The van der Waals surface area contributed by atoms with Crippen molar-refractivity contribution in [2.24, 2.45) is 23.7 Å². The topological polar surface area (TPSA) is 9.23 Å². The molecule has 0 aromatic heterocycles. The largest absolute Gasteiger partial charge is 0.432 e. The zero-order chi connectivity index (χ0) is 25.1. The van der Waals surface area contributed by atoms with Crippen LogP contribution in [0.1, 0.15) is 111 Å². The maximum absolute atomic E-state index is 14.6. The van der Waals surface area contributed by atoms with E-state index >= 15 is 0 Å². The van der Waals surface area contributed by atoms with Gasteiger partial charge >= 0.3 is 6.11 Å². The number of hydrogen-bond donors (Lipinski definition) is 0. The molecule has 0 aliphatic heterocycles. The Morgan fingerprint density at radius 2 is 1.44 bits per heavy atom. The Morgan fingerprint density at radius 3 is 2.03 bits per heavy atom. The second-order valence-corrected chi connectivity index (χ2v) is 10.5. The number of alkyl halides is 2. The highest BCUT2D eigenvalue weighted by Gasteiger charge is 2.44. The predicted octanol–water partition coefficient (Wildman–Crippen LogP) is 10.1. The Kier molecular flexibility index (Phi) is 12.1. The van der Waals surface area contributed by atoms with E-state index in [1.54, 1.807) is 0 Å². The Labute approximate surface area is 202 Å². The average Bonchev–Trinajstić information content (AvgIpc) is 2.77. The highest BCUT2D eigenvalue weighted by molar-refractivity contribution is 5.25. The van der Waals surface area contributed by atoms with Crippen LogP contribution in [0.4, 0.5) is 22.0 Å². The van der Waals surface area contributed by atoms with Gasteiger partial charge in [0.2, 0.25) is 0 Å². The minimum atomic E-state index is -3.54. The van der Waals surface area contributed by atoms with E-state index in [-0.39, 0.29) is 0 Å². The first-order valence-corrected chi connectivity index (χ1v) is 13.4. The predicted molar refractivity (Wildman–Crippen MR) is 128 cm³/mol. The van der Waals surface area contributed by atoms with Gasteiger partial charge in [0, 0.05) is 12.1 Å². The first kappa shape index (κ1) is 28.9. The molecule has 0 radical (unpaired) electrons. The second-order valence-electron chi connectivity index (χ2n) is 10.5. The van der Waals surface area contributed by atoms with E-state index in [0.29, 0.717) is 43.7 Å². The molecule has 0 spiro atoms. The zero-order valence-electron chi connectivity index (χ0n) is 21.2. The minimum absolute atomic E-state index is 0.317. The summed E-state index contributed by atoms with van der Waals surface area (Å²) >= 11 is 0. The standard InChI is InChI=1S/C28H43F5O/c1-4-8-20(3)10-6-11-21(9-5-2)12-7-13-22-14-16-23(17-15-22)28(32,33)34-24-18-25(29)27(31)26(30)19-24/h18-23H,4-17H2,1-3H3. The monoisotopic (exact) mass is 490 g/mol. The van der Waals surface area contributed by atoms with Crippen LogP contribution in [0.2, 0.25) is 0 Å². The molecule has 0 heterocycles. The molecule has 6 heteroatoms.